The highest BCUT2D eigenvalue weighted by molar-refractivity contribution is 7.99. The van der Waals surface area contributed by atoms with Crippen LogP contribution in [0, 0.1) is 5.92 Å². The third-order valence-corrected chi connectivity index (χ3v) is 6.23. The molecule has 2 rings (SSSR count). The van der Waals surface area contributed by atoms with Gasteiger partial charge in [0.1, 0.15) is 0 Å². The lowest BCUT2D eigenvalue weighted by Gasteiger charge is -2.27. The van der Waals surface area contributed by atoms with Crippen molar-refractivity contribution in [3.05, 3.63) is 0 Å². The number of rotatable bonds is 10. The molecule has 2 fully saturated rings. The van der Waals surface area contributed by atoms with Gasteiger partial charge in [0.2, 0.25) is 0 Å². The molecule has 2 heterocycles. The number of thioether (sulfide) groups is 1. The molecule has 0 aromatic carbocycles. The van der Waals surface area contributed by atoms with Crippen molar-refractivity contribution in [2.75, 3.05) is 5.75 Å². The van der Waals surface area contributed by atoms with Gasteiger partial charge in [-0.3, -0.25) is 4.79 Å². The van der Waals surface area contributed by atoms with Crippen LogP contribution in [-0.4, -0.2) is 34.3 Å². The maximum Gasteiger partial charge on any atom is 0.303 e. The number of hydrogen-bond donors (Lipinski definition) is 1. The van der Waals surface area contributed by atoms with Gasteiger partial charge in [0, 0.05) is 11.7 Å². The van der Waals surface area contributed by atoms with Crippen molar-refractivity contribution in [3.8, 4) is 0 Å². The van der Waals surface area contributed by atoms with Crippen LogP contribution in [0.25, 0.3) is 0 Å². The molecule has 0 amide bonds. The summed E-state index contributed by atoms with van der Waals surface area (Å²) in [6.07, 6.45) is 10.7. The number of unbranched alkanes of at least 4 members (excludes halogenated alkanes) is 3. The standard InChI is InChI=1S/C16H28O3S/c1-2-11-20-16-12(13-9-10-14(16)19-13)7-5-3-4-6-8-15(17)18/h12-14,16H,2-11H2,1H3,(H,17,18). The van der Waals surface area contributed by atoms with Gasteiger partial charge >= 0.3 is 5.97 Å². The largest absolute Gasteiger partial charge is 0.481 e. The van der Waals surface area contributed by atoms with Crippen LogP contribution < -0.4 is 0 Å². The molecule has 2 aliphatic rings. The van der Waals surface area contributed by atoms with Gasteiger partial charge in [-0.15, -0.1) is 0 Å². The van der Waals surface area contributed by atoms with Crippen LogP contribution in [0.3, 0.4) is 0 Å². The molecule has 2 bridgehead atoms. The summed E-state index contributed by atoms with van der Waals surface area (Å²) in [5, 5.41) is 9.34. The smallest absolute Gasteiger partial charge is 0.303 e. The molecule has 4 heteroatoms. The Hall–Kier alpha value is -0.220. The SMILES string of the molecule is CCCSC1C2CCC(O2)C1CCCCCCC(=O)O. The van der Waals surface area contributed by atoms with Crippen molar-refractivity contribution in [2.24, 2.45) is 5.92 Å². The Morgan fingerprint density at radius 3 is 2.70 bits per heavy atom. The molecule has 0 aliphatic carbocycles. The zero-order valence-corrected chi connectivity index (χ0v) is 13.4. The highest BCUT2D eigenvalue weighted by Gasteiger charge is 2.48. The number of carboxylic acid groups (broad SMARTS) is 1. The maximum absolute atomic E-state index is 10.5. The lowest BCUT2D eigenvalue weighted by molar-refractivity contribution is -0.137. The van der Waals surface area contributed by atoms with E-state index in [0.29, 0.717) is 18.6 Å². The van der Waals surface area contributed by atoms with E-state index in [-0.39, 0.29) is 0 Å². The van der Waals surface area contributed by atoms with Gasteiger partial charge in [-0.2, -0.15) is 11.8 Å². The summed E-state index contributed by atoms with van der Waals surface area (Å²) in [5.41, 5.74) is 0. The van der Waals surface area contributed by atoms with Crippen LogP contribution in [0.2, 0.25) is 0 Å². The molecule has 0 radical (unpaired) electrons. The van der Waals surface area contributed by atoms with Crippen LogP contribution >= 0.6 is 11.8 Å². The van der Waals surface area contributed by atoms with Gasteiger partial charge < -0.3 is 9.84 Å². The number of aliphatic carboxylic acids is 1. The minimum Gasteiger partial charge on any atom is -0.481 e. The highest BCUT2D eigenvalue weighted by Crippen LogP contribution is 2.47. The number of carboxylic acids is 1. The van der Waals surface area contributed by atoms with Crippen LogP contribution in [0.15, 0.2) is 0 Å². The average molecular weight is 300 g/mol. The average Bonchev–Trinajstić information content (AvgIpc) is 3.01. The van der Waals surface area contributed by atoms with Gasteiger partial charge in [0.15, 0.2) is 0 Å². The summed E-state index contributed by atoms with van der Waals surface area (Å²) >= 11 is 2.12. The summed E-state index contributed by atoms with van der Waals surface area (Å²) in [5.74, 6) is 1.35. The minimum atomic E-state index is -0.664. The van der Waals surface area contributed by atoms with Crippen LogP contribution in [0.1, 0.15) is 64.7 Å². The van der Waals surface area contributed by atoms with Crippen LogP contribution in [-0.2, 0) is 9.53 Å². The predicted molar refractivity (Wildman–Crippen MR) is 83.3 cm³/mol. The molecule has 0 spiro atoms. The molecular weight excluding hydrogens is 272 g/mol. The first-order valence-electron chi connectivity index (χ1n) is 8.21. The second kappa shape index (κ2) is 8.28. The Bertz CT molecular complexity index is 308. The number of ether oxygens (including phenoxy) is 1. The fraction of sp³-hybridized carbons (Fsp3) is 0.938. The minimum absolute atomic E-state index is 0.326. The van der Waals surface area contributed by atoms with Crippen LogP contribution in [0.5, 0.6) is 0 Å². The second-order valence-electron chi connectivity index (χ2n) is 6.14. The lowest BCUT2D eigenvalue weighted by Crippen LogP contribution is -2.30. The van der Waals surface area contributed by atoms with Crippen molar-refractivity contribution in [1.29, 1.82) is 0 Å². The third-order valence-electron chi connectivity index (χ3n) is 4.54. The van der Waals surface area contributed by atoms with Crippen molar-refractivity contribution >= 4 is 17.7 Å². The maximum atomic E-state index is 10.5. The summed E-state index contributed by atoms with van der Waals surface area (Å²) in [4.78, 5) is 10.5. The molecule has 20 heavy (non-hydrogen) atoms. The molecule has 0 aromatic rings. The number of carbonyl (C=O) groups is 1. The quantitative estimate of drug-likeness (QED) is 0.617. The first-order chi connectivity index (χ1) is 9.72. The van der Waals surface area contributed by atoms with E-state index in [1.807, 2.05) is 0 Å². The Morgan fingerprint density at radius 2 is 1.95 bits per heavy atom. The summed E-state index contributed by atoms with van der Waals surface area (Å²) < 4.78 is 6.11. The number of hydrogen-bond acceptors (Lipinski definition) is 3. The summed E-state index contributed by atoms with van der Waals surface area (Å²) in [7, 11) is 0. The number of fused-ring (bicyclic) bond motifs is 2. The van der Waals surface area contributed by atoms with E-state index in [0.717, 1.165) is 24.0 Å². The Labute approximate surface area is 126 Å². The van der Waals surface area contributed by atoms with Crippen LogP contribution in [0.4, 0.5) is 0 Å². The van der Waals surface area contributed by atoms with E-state index in [1.165, 1.54) is 44.3 Å². The first kappa shape index (κ1) is 16.2. The predicted octanol–water partition coefficient (Wildman–Crippen LogP) is 4.10. The second-order valence-corrected chi connectivity index (χ2v) is 7.42. The third kappa shape index (κ3) is 4.39. The molecule has 2 saturated heterocycles. The molecule has 1 N–H and O–H groups in total. The van der Waals surface area contributed by atoms with E-state index in [2.05, 4.69) is 18.7 Å². The summed E-state index contributed by atoms with van der Waals surface area (Å²) in [6, 6.07) is 0. The van der Waals surface area contributed by atoms with Gasteiger partial charge in [-0.1, -0.05) is 26.2 Å². The lowest BCUT2D eigenvalue weighted by atomic mass is 9.85. The van der Waals surface area contributed by atoms with E-state index >= 15 is 0 Å². The monoisotopic (exact) mass is 300 g/mol. The van der Waals surface area contributed by atoms with Gasteiger partial charge in [-0.25, -0.2) is 0 Å². The zero-order valence-electron chi connectivity index (χ0n) is 12.6. The molecule has 4 atom stereocenters. The van der Waals surface area contributed by atoms with Crippen molar-refractivity contribution in [2.45, 2.75) is 82.2 Å². The van der Waals surface area contributed by atoms with E-state index in [1.54, 1.807) is 0 Å². The Balaban J connectivity index is 1.64. The molecule has 116 valence electrons. The Morgan fingerprint density at radius 1 is 1.20 bits per heavy atom. The molecule has 2 aliphatic heterocycles. The zero-order chi connectivity index (χ0) is 14.4. The normalized spacial score (nSPS) is 31.9. The molecule has 0 aromatic heterocycles. The van der Waals surface area contributed by atoms with E-state index in [9.17, 15) is 4.79 Å². The molecule has 4 unspecified atom stereocenters. The molecule has 0 saturated carbocycles. The van der Waals surface area contributed by atoms with Gasteiger partial charge in [0.25, 0.3) is 0 Å². The van der Waals surface area contributed by atoms with Gasteiger partial charge in [0.05, 0.1) is 12.2 Å². The van der Waals surface area contributed by atoms with E-state index in [4.69, 9.17) is 9.84 Å². The topological polar surface area (TPSA) is 46.5 Å². The molecule has 3 nitrogen and oxygen atoms in total. The van der Waals surface area contributed by atoms with Crippen molar-refractivity contribution in [1.82, 2.24) is 0 Å². The van der Waals surface area contributed by atoms with Gasteiger partial charge in [-0.05, 0) is 43.8 Å². The fourth-order valence-electron chi connectivity index (χ4n) is 3.58. The van der Waals surface area contributed by atoms with Crippen molar-refractivity contribution < 1.29 is 14.6 Å². The highest BCUT2D eigenvalue weighted by atomic mass is 32.2. The molecular formula is C16H28O3S. The van der Waals surface area contributed by atoms with Crippen molar-refractivity contribution in [3.63, 3.8) is 0 Å². The fourth-order valence-corrected chi connectivity index (χ4v) is 5.06. The van der Waals surface area contributed by atoms with E-state index < -0.39 is 5.97 Å². The summed E-state index contributed by atoms with van der Waals surface area (Å²) in [6.45, 7) is 2.25. The first-order valence-corrected chi connectivity index (χ1v) is 9.26. The Kier molecular flexibility index (Phi) is 6.69.